The minimum atomic E-state index is -2.96. The molecular formula is C15H30F2N2O2. The second kappa shape index (κ2) is 6.86. The molecule has 0 aliphatic carbocycles. The Kier molecular flexibility index (Phi) is 6.12. The van der Waals surface area contributed by atoms with Crippen LogP contribution in [0.5, 0.6) is 0 Å². The van der Waals surface area contributed by atoms with Crippen LogP contribution in [-0.2, 0) is 9.57 Å². The monoisotopic (exact) mass is 308 g/mol. The predicted molar refractivity (Wildman–Crippen MR) is 79.5 cm³/mol. The van der Waals surface area contributed by atoms with Crippen molar-refractivity contribution in [2.45, 2.75) is 58.6 Å². The van der Waals surface area contributed by atoms with Crippen molar-refractivity contribution >= 4 is 0 Å². The summed E-state index contributed by atoms with van der Waals surface area (Å²) in [5.74, 6) is -2.96. The molecule has 1 rings (SSSR count). The number of nitrogens with zero attached hydrogens (tertiary/aromatic N) is 2. The van der Waals surface area contributed by atoms with Crippen LogP contribution in [0.25, 0.3) is 0 Å². The van der Waals surface area contributed by atoms with Gasteiger partial charge in [-0.25, -0.2) is 8.78 Å². The minimum Gasteiger partial charge on any atom is -0.370 e. The molecule has 1 aliphatic rings. The number of rotatable bonds is 5. The molecule has 6 heteroatoms. The number of hydrogen-bond acceptors (Lipinski definition) is 4. The topological polar surface area (TPSA) is 24.9 Å². The van der Waals surface area contributed by atoms with Gasteiger partial charge in [-0.1, -0.05) is 0 Å². The van der Waals surface area contributed by atoms with Gasteiger partial charge in [-0.3, -0.25) is 9.74 Å². The summed E-state index contributed by atoms with van der Waals surface area (Å²) < 4.78 is 32.5. The van der Waals surface area contributed by atoms with Gasteiger partial charge >= 0.3 is 0 Å². The molecule has 126 valence electrons. The first-order valence-corrected chi connectivity index (χ1v) is 7.54. The summed E-state index contributed by atoms with van der Waals surface area (Å²) in [7, 11) is 0. The van der Waals surface area contributed by atoms with Crippen LogP contribution >= 0.6 is 0 Å². The average Bonchev–Trinajstić information content (AvgIpc) is 2.33. The lowest BCUT2D eigenvalue weighted by molar-refractivity contribution is -0.240. The van der Waals surface area contributed by atoms with Crippen molar-refractivity contribution < 1.29 is 18.4 Å². The normalized spacial score (nSPS) is 20.0. The van der Waals surface area contributed by atoms with Gasteiger partial charge in [-0.2, -0.15) is 5.06 Å². The molecule has 1 fully saturated rings. The highest BCUT2D eigenvalue weighted by Crippen LogP contribution is 2.20. The minimum absolute atomic E-state index is 0.108. The van der Waals surface area contributed by atoms with Gasteiger partial charge in [0.15, 0.2) is 0 Å². The molecule has 0 spiro atoms. The summed E-state index contributed by atoms with van der Waals surface area (Å²) >= 11 is 0. The Bertz CT molecular complexity index is 317. The van der Waals surface area contributed by atoms with E-state index < -0.39 is 24.7 Å². The van der Waals surface area contributed by atoms with Gasteiger partial charge in [0.05, 0.1) is 5.60 Å². The molecule has 0 saturated carbocycles. The van der Waals surface area contributed by atoms with Crippen molar-refractivity contribution in [3.8, 4) is 0 Å². The molecule has 1 heterocycles. The van der Waals surface area contributed by atoms with E-state index in [-0.39, 0.29) is 5.54 Å². The maximum atomic E-state index is 13.7. The van der Waals surface area contributed by atoms with E-state index in [0.717, 1.165) is 13.1 Å². The number of alkyl halides is 2. The molecule has 1 aliphatic heterocycles. The zero-order chi connectivity index (χ0) is 16.3. The number of hydroxylamine groups is 2. The van der Waals surface area contributed by atoms with E-state index in [0.29, 0.717) is 13.1 Å². The molecule has 0 amide bonds. The maximum Gasteiger partial charge on any atom is 0.295 e. The van der Waals surface area contributed by atoms with E-state index in [4.69, 9.17) is 9.57 Å². The second-order valence-corrected chi connectivity index (χ2v) is 7.62. The van der Waals surface area contributed by atoms with Gasteiger partial charge in [-0.15, -0.1) is 0 Å². The van der Waals surface area contributed by atoms with E-state index in [2.05, 4.69) is 25.7 Å². The Morgan fingerprint density at radius 3 is 1.81 bits per heavy atom. The largest absolute Gasteiger partial charge is 0.370 e. The van der Waals surface area contributed by atoms with Crippen LogP contribution in [0.3, 0.4) is 0 Å². The van der Waals surface area contributed by atoms with Crippen molar-refractivity contribution in [1.29, 1.82) is 0 Å². The highest BCUT2D eigenvalue weighted by Gasteiger charge is 2.34. The Hall–Kier alpha value is -0.300. The van der Waals surface area contributed by atoms with E-state index in [1.807, 2.05) is 0 Å². The first kappa shape index (κ1) is 18.7. The van der Waals surface area contributed by atoms with Crippen LogP contribution in [0.1, 0.15) is 41.5 Å². The molecule has 0 aromatic rings. The SMILES string of the molecule is CC(C)(C)OCC(F)(F)CON1CCN(C(C)(C)C)CC1. The van der Waals surface area contributed by atoms with E-state index in [1.165, 1.54) is 0 Å². The summed E-state index contributed by atoms with van der Waals surface area (Å²) in [6.45, 7) is 13.4. The lowest BCUT2D eigenvalue weighted by Crippen LogP contribution is -2.53. The van der Waals surface area contributed by atoms with Gasteiger partial charge in [0, 0.05) is 31.7 Å². The van der Waals surface area contributed by atoms with Gasteiger partial charge in [0.1, 0.15) is 13.2 Å². The fourth-order valence-electron chi connectivity index (χ4n) is 2.04. The van der Waals surface area contributed by atoms with E-state index in [1.54, 1.807) is 25.8 Å². The molecular weight excluding hydrogens is 278 g/mol. The van der Waals surface area contributed by atoms with Crippen molar-refractivity contribution in [3.63, 3.8) is 0 Å². The summed E-state index contributed by atoms with van der Waals surface area (Å²) in [5.41, 5.74) is -0.460. The predicted octanol–water partition coefficient (Wildman–Crippen LogP) is 2.78. The number of piperazine rings is 1. The molecule has 0 radical (unpaired) electrons. The maximum absolute atomic E-state index is 13.7. The second-order valence-electron chi connectivity index (χ2n) is 7.62. The van der Waals surface area contributed by atoms with Crippen molar-refractivity contribution in [3.05, 3.63) is 0 Å². The van der Waals surface area contributed by atoms with Gasteiger partial charge in [-0.05, 0) is 41.5 Å². The molecule has 1 saturated heterocycles. The van der Waals surface area contributed by atoms with Gasteiger partial charge in [0.25, 0.3) is 5.92 Å². The summed E-state index contributed by atoms with van der Waals surface area (Å²) in [6.07, 6.45) is 0. The van der Waals surface area contributed by atoms with Crippen LogP contribution in [0.15, 0.2) is 0 Å². The molecule has 0 unspecified atom stereocenters. The van der Waals surface area contributed by atoms with Crippen molar-refractivity contribution in [2.75, 3.05) is 39.4 Å². The zero-order valence-electron chi connectivity index (χ0n) is 14.2. The zero-order valence-corrected chi connectivity index (χ0v) is 14.2. The third kappa shape index (κ3) is 7.49. The molecule has 4 nitrogen and oxygen atoms in total. The number of hydrogen-bond donors (Lipinski definition) is 0. The molecule has 0 aromatic heterocycles. The lowest BCUT2D eigenvalue weighted by Gasteiger charge is -2.41. The first-order chi connectivity index (χ1) is 9.39. The van der Waals surface area contributed by atoms with Crippen LogP contribution in [-0.4, -0.2) is 66.4 Å². The lowest BCUT2D eigenvalue weighted by atomic mass is 10.1. The summed E-state index contributed by atoms with van der Waals surface area (Å²) in [4.78, 5) is 7.58. The van der Waals surface area contributed by atoms with E-state index in [9.17, 15) is 8.78 Å². The molecule has 0 N–H and O–H groups in total. The van der Waals surface area contributed by atoms with Crippen LogP contribution in [0, 0.1) is 0 Å². The van der Waals surface area contributed by atoms with Crippen molar-refractivity contribution in [2.24, 2.45) is 0 Å². The van der Waals surface area contributed by atoms with Gasteiger partial charge < -0.3 is 4.74 Å². The first-order valence-electron chi connectivity index (χ1n) is 7.54. The molecule has 0 atom stereocenters. The average molecular weight is 308 g/mol. The van der Waals surface area contributed by atoms with Crippen LogP contribution in [0.2, 0.25) is 0 Å². The highest BCUT2D eigenvalue weighted by atomic mass is 19.3. The van der Waals surface area contributed by atoms with Crippen LogP contribution in [0.4, 0.5) is 8.78 Å². The molecule has 0 bridgehead atoms. The number of halogens is 2. The summed E-state index contributed by atoms with van der Waals surface area (Å²) in [6, 6.07) is 0. The fourth-order valence-corrected chi connectivity index (χ4v) is 2.04. The fraction of sp³-hybridized carbons (Fsp3) is 1.00. The molecule has 21 heavy (non-hydrogen) atoms. The quantitative estimate of drug-likeness (QED) is 0.780. The molecule has 0 aromatic carbocycles. The standard InChI is InChI=1S/C15H30F2N2O2/c1-13(2,3)18-7-9-19(10-8-18)21-12-15(16,17)11-20-14(4,5)6/h7-12H2,1-6H3. The third-order valence-corrected chi connectivity index (χ3v) is 3.36. The Labute approximate surface area is 127 Å². The Morgan fingerprint density at radius 1 is 0.857 bits per heavy atom. The Balaban J connectivity index is 2.30. The smallest absolute Gasteiger partial charge is 0.295 e. The van der Waals surface area contributed by atoms with Gasteiger partial charge in [0.2, 0.25) is 0 Å². The van der Waals surface area contributed by atoms with E-state index >= 15 is 0 Å². The van der Waals surface area contributed by atoms with Crippen LogP contribution < -0.4 is 0 Å². The van der Waals surface area contributed by atoms with Crippen molar-refractivity contribution in [1.82, 2.24) is 9.96 Å². The third-order valence-electron chi connectivity index (χ3n) is 3.36. The Morgan fingerprint density at radius 2 is 1.38 bits per heavy atom. The highest BCUT2D eigenvalue weighted by molar-refractivity contribution is 4.80. The summed E-state index contributed by atoms with van der Waals surface area (Å²) in [5, 5.41) is 1.63. The number of ether oxygens (including phenoxy) is 1.